The van der Waals surface area contributed by atoms with E-state index in [-0.39, 0.29) is 21.6 Å². The van der Waals surface area contributed by atoms with Gasteiger partial charge in [0.05, 0.1) is 10.6 Å². The Balaban J connectivity index is 1.28. The first-order chi connectivity index (χ1) is 20.0. The van der Waals surface area contributed by atoms with Crippen molar-refractivity contribution >= 4 is 50.0 Å². The first-order valence-corrected chi connectivity index (χ1v) is 14.9. The normalized spacial score (nSPS) is 14.2. The number of anilines is 2. The van der Waals surface area contributed by atoms with Crippen LogP contribution in [0.3, 0.4) is 0 Å². The molecule has 1 aliphatic heterocycles. The van der Waals surface area contributed by atoms with E-state index in [1.165, 1.54) is 34.6 Å². The minimum Gasteiger partial charge on any atom is -0.457 e. The van der Waals surface area contributed by atoms with Gasteiger partial charge in [0.25, 0.3) is 15.9 Å². The number of hydrogen-bond donors (Lipinski definition) is 1. The lowest BCUT2D eigenvalue weighted by atomic mass is 10.1. The van der Waals surface area contributed by atoms with Crippen LogP contribution in [0.2, 0.25) is 0 Å². The van der Waals surface area contributed by atoms with Crippen LogP contribution in [-0.4, -0.2) is 25.1 Å². The molecule has 1 N–H and O–H groups in total. The molecule has 10 heteroatoms. The third-order valence-corrected chi connectivity index (χ3v) is 8.29. The maximum Gasteiger partial charge on any atom is 0.282 e. The Hall–Kier alpha value is -5.06. The fourth-order valence-electron chi connectivity index (χ4n) is 4.17. The smallest absolute Gasteiger partial charge is 0.282 e. The number of para-hydroxylation sites is 1. The van der Waals surface area contributed by atoms with Crippen molar-refractivity contribution in [2.24, 2.45) is 4.99 Å². The number of aliphatic imine (C=N–C) groups is 1. The number of benzene rings is 4. The van der Waals surface area contributed by atoms with Gasteiger partial charge in [-0.25, -0.2) is 18.4 Å². The average molecular weight is 579 g/mol. The molecular weight excluding hydrogens is 556 g/mol. The van der Waals surface area contributed by atoms with Gasteiger partial charge in [0.1, 0.15) is 23.0 Å². The van der Waals surface area contributed by atoms with Crippen molar-refractivity contribution in [2.75, 3.05) is 9.62 Å². The molecule has 0 bridgehead atoms. The first-order valence-electron chi connectivity index (χ1n) is 12.5. The first kappa shape index (κ1) is 26.2. The van der Waals surface area contributed by atoms with Crippen LogP contribution >= 0.6 is 11.3 Å². The molecule has 1 amide bonds. The summed E-state index contributed by atoms with van der Waals surface area (Å²) < 4.78 is 33.9. The predicted octanol–water partition coefficient (Wildman–Crippen LogP) is 6.57. The number of nitrogens with one attached hydrogen (secondary N) is 1. The molecule has 0 atom stereocenters. The van der Waals surface area contributed by atoms with Crippen LogP contribution in [0.4, 0.5) is 10.8 Å². The Morgan fingerprint density at radius 1 is 0.805 bits per heavy atom. The molecule has 2 heterocycles. The molecule has 1 aromatic heterocycles. The number of hydrogen-bond acceptors (Lipinski definition) is 7. The largest absolute Gasteiger partial charge is 0.457 e. The van der Waals surface area contributed by atoms with Crippen molar-refractivity contribution in [3.8, 4) is 11.5 Å². The van der Waals surface area contributed by atoms with Gasteiger partial charge in [0, 0.05) is 17.1 Å². The van der Waals surface area contributed by atoms with E-state index in [1.54, 1.807) is 23.6 Å². The third-order valence-electron chi connectivity index (χ3n) is 6.11. The zero-order valence-corrected chi connectivity index (χ0v) is 23.0. The number of aromatic nitrogens is 1. The highest BCUT2D eigenvalue weighted by atomic mass is 32.2. The van der Waals surface area contributed by atoms with E-state index in [0.717, 1.165) is 16.9 Å². The van der Waals surface area contributed by atoms with Crippen LogP contribution in [0, 0.1) is 0 Å². The van der Waals surface area contributed by atoms with Gasteiger partial charge in [-0.3, -0.25) is 14.4 Å². The highest BCUT2D eigenvalue weighted by molar-refractivity contribution is 7.93. The SMILES string of the molecule is O=C1C(=Cc2ccc(Oc3ccccc3)cc2)N=C(c2ccccc2)N1c1ccc(S(=O)(=O)Nc2nccs2)cc1. The van der Waals surface area contributed by atoms with Gasteiger partial charge in [-0.15, -0.1) is 11.3 Å². The molecule has 0 fully saturated rings. The Morgan fingerprint density at radius 2 is 1.46 bits per heavy atom. The maximum atomic E-state index is 13.7. The number of amidine groups is 1. The number of amides is 1. The summed E-state index contributed by atoms with van der Waals surface area (Å²) in [6.45, 7) is 0. The molecule has 0 saturated heterocycles. The summed E-state index contributed by atoms with van der Waals surface area (Å²) >= 11 is 1.18. The zero-order chi connectivity index (χ0) is 28.2. The van der Waals surface area contributed by atoms with Gasteiger partial charge in [-0.2, -0.15) is 0 Å². The fraction of sp³-hybridized carbons (Fsp3) is 0. The van der Waals surface area contributed by atoms with Gasteiger partial charge < -0.3 is 4.74 Å². The standard InChI is InChI=1S/C31H22N4O4S2/c36-30-28(21-22-11-15-26(16-12-22)39-25-9-5-2-6-10-25)33-29(23-7-3-1-4-8-23)35(30)24-13-17-27(18-14-24)41(37,38)34-31-32-19-20-40-31/h1-21H,(H,32,34). The molecule has 4 aromatic carbocycles. The molecule has 6 rings (SSSR count). The van der Waals surface area contributed by atoms with Crippen LogP contribution in [0.1, 0.15) is 11.1 Å². The van der Waals surface area contributed by atoms with Crippen molar-refractivity contribution in [1.82, 2.24) is 4.98 Å². The Labute approximate surface area is 241 Å². The van der Waals surface area contributed by atoms with Crippen LogP contribution in [0.5, 0.6) is 11.5 Å². The van der Waals surface area contributed by atoms with Crippen molar-refractivity contribution < 1.29 is 17.9 Å². The second-order valence-corrected chi connectivity index (χ2v) is 11.5. The minimum atomic E-state index is -3.84. The molecule has 0 radical (unpaired) electrons. The van der Waals surface area contributed by atoms with Crippen LogP contribution in [0.25, 0.3) is 6.08 Å². The number of sulfonamides is 1. The van der Waals surface area contributed by atoms with Crippen LogP contribution in [-0.2, 0) is 14.8 Å². The Kier molecular flexibility index (Phi) is 7.15. The lowest BCUT2D eigenvalue weighted by Crippen LogP contribution is -2.32. The quantitative estimate of drug-likeness (QED) is 0.210. The van der Waals surface area contributed by atoms with Crippen LogP contribution in [0.15, 0.2) is 136 Å². The monoisotopic (exact) mass is 578 g/mol. The molecule has 0 aliphatic carbocycles. The van der Waals surface area contributed by atoms with Crippen molar-refractivity contribution in [3.05, 3.63) is 138 Å². The van der Waals surface area contributed by atoms with E-state index in [2.05, 4.69) is 14.7 Å². The second kappa shape index (κ2) is 11.2. The highest BCUT2D eigenvalue weighted by Crippen LogP contribution is 2.30. The van der Waals surface area contributed by atoms with Crippen molar-refractivity contribution in [1.29, 1.82) is 0 Å². The average Bonchev–Trinajstić information content (AvgIpc) is 3.62. The number of nitrogens with zero attached hydrogens (tertiary/aromatic N) is 3. The predicted molar refractivity (Wildman–Crippen MR) is 161 cm³/mol. The number of carbonyl (C=O) groups is 1. The van der Waals surface area contributed by atoms with E-state index >= 15 is 0 Å². The number of carbonyl (C=O) groups excluding carboxylic acids is 1. The van der Waals surface area contributed by atoms with Crippen LogP contribution < -0.4 is 14.4 Å². The number of rotatable bonds is 8. The van der Waals surface area contributed by atoms with Gasteiger partial charge in [0.2, 0.25) is 0 Å². The van der Waals surface area contributed by atoms with Crippen molar-refractivity contribution in [2.45, 2.75) is 4.90 Å². The Morgan fingerprint density at radius 3 is 2.12 bits per heavy atom. The summed E-state index contributed by atoms with van der Waals surface area (Å²) in [5.74, 6) is 1.52. The van der Waals surface area contributed by atoms with E-state index < -0.39 is 10.0 Å². The van der Waals surface area contributed by atoms with E-state index in [4.69, 9.17) is 4.74 Å². The fourth-order valence-corrected chi connectivity index (χ4v) is 5.96. The molecule has 0 saturated carbocycles. The van der Waals surface area contributed by atoms with E-state index in [1.807, 2.05) is 84.9 Å². The molecule has 8 nitrogen and oxygen atoms in total. The van der Waals surface area contributed by atoms with Crippen molar-refractivity contribution in [3.63, 3.8) is 0 Å². The summed E-state index contributed by atoms with van der Waals surface area (Å²) in [7, 11) is -3.84. The second-order valence-electron chi connectivity index (χ2n) is 8.89. The highest BCUT2D eigenvalue weighted by Gasteiger charge is 2.32. The maximum absolute atomic E-state index is 13.7. The number of thiazole rings is 1. The molecular formula is C31H22N4O4S2. The molecule has 1 aliphatic rings. The molecule has 0 spiro atoms. The van der Waals surface area contributed by atoms with Gasteiger partial charge in [-0.1, -0.05) is 60.7 Å². The topological polar surface area (TPSA) is 101 Å². The Bertz CT molecular complexity index is 1840. The molecule has 5 aromatic rings. The van der Waals surface area contributed by atoms with E-state index in [9.17, 15) is 13.2 Å². The number of ether oxygens (including phenoxy) is 1. The van der Waals surface area contributed by atoms with Gasteiger partial charge in [0.15, 0.2) is 5.13 Å². The summed E-state index contributed by atoms with van der Waals surface area (Å²) in [6, 6.07) is 32.3. The zero-order valence-electron chi connectivity index (χ0n) is 21.4. The summed E-state index contributed by atoms with van der Waals surface area (Å²) in [6.07, 6.45) is 3.24. The minimum absolute atomic E-state index is 0.0508. The van der Waals surface area contributed by atoms with Gasteiger partial charge in [-0.05, 0) is 60.2 Å². The van der Waals surface area contributed by atoms with E-state index in [0.29, 0.717) is 17.3 Å². The third kappa shape index (κ3) is 5.79. The lowest BCUT2D eigenvalue weighted by Gasteiger charge is -2.19. The molecule has 0 unspecified atom stereocenters. The molecule has 41 heavy (non-hydrogen) atoms. The lowest BCUT2D eigenvalue weighted by molar-refractivity contribution is -0.113. The summed E-state index contributed by atoms with van der Waals surface area (Å²) in [5.41, 5.74) is 2.27. The summed E-state index contributed by atoms with van der Waals surface area (Å²) in [5, 5.41) is 1.96. The van der Waals surface area contributed by atoms with Gasteiger partial charge >= 0.3 is 0 Å². The molecule has 202 valence electrons. The summed E-state index contributed by atoms with van der Waals surface area (Å²) in [4.78, 5) is 23.9.